The van der Waals surface area contributed by atoms with Gasteiger partial charge in [-0.05, 0) is 6.07 Å². The summed E-state index contributed by atoms with van der Waals surface area (Å²) in [6, 6.07) is 5.89. The number of nitro benzene ring substituents is 1. The summed E-state index contributed by atoms with van der Waals surface area (Å²) in [6.45, 7) is -1.19. The predicted octanol–water partition coefficient (Wildman–Crippen LogP) is -2.05. The summed E-state index contributed by atoms with van der Waals surface area (Å²) in [6.07, 6.45) is -10.9. The summed E-state index contributed by atoms with van der Waals surface area (Å²) in [5, 5.41) is 77.4. The van der Waals surface area contributed by atoms with Crippen LogP contribution in [-0.4, -0.2) is 115 Å². The summed E-state index contributed by atoms with van der Waals surface area (Å²) >= 11 is 1.13. The number of nitrogens with zero attached hydrogens (tertiary/aromatic N) is 1. The van der Waals surface area contributed by atoms with E-state index in [1.54, 1.807) is 6.07 Å². The van der Waals surface area contributed by atoms with E-state index in [-0.39, 0.29) is 12.1 Å². The van der Waals surface area contributed by atoms with Crippen molar-refractivity contribution in [1.82, 2.24) is 0 Å². The largest absolute Gasteiger partial charge is 0.400 e. The topological polar surface area (TPSA) is 212 Å². The van der Waals surface area contributed by atoms with Crippen LogP contribution in [-0.2, 0) is 14.2 Å². The third kappa shape index (κ3) is 6.80. The average Bonchev–Trinajstić information content (AvgIpc) is 2.82. The SMILES string of the molecule is CO.O=[N+]([O-])c1cccc(S[C@H]2C[C@@H](O)[C@H](O[C@H]3OC(CO)[C@H](O)[C@@H](O)C3O)C(CO)O2)c1. The van der Waals surface area contributed by atoms with Gasteiger partial charge in [-0.1, -0.05) is 17.8 Å². The molecule has 3 rings (SSSR count). The molecule has 188 valence electrons. The van der Waals surface area contributed by atoms with Crippen LogP contribution in [0.25, 0.3) is 0 Å². The summed E-state index contributed by atoms with van der Waals surface area (Å²) in [4.78, 5) is 10.9. The van der Waals surface area contributed by atoms with Crippen LogP contribution in [0.15, 0.2) is 29.2 Å². The highest BCUT2D eigenvalue weighted by Crippen LogP contribution is 2.36. The molecule has 0 spiro atoms. The van der Waals surface area contributed by atoms with E-state index in [1.807, 2.05) is 0 Å². The number of ether oxygens (including phenoxy) is 3. The molecular formula is C19H29NO12S. The molecule has 2 fully saturated rings. The third-order valence-corrected chi connectivity index (χ3v) is 6.21. The first kappa shape index (κ1) is 27.8. The molecule has 2 aliphatic heterocycles. The number of thioether (sulfide) groups is 1. The van der Waals surface area contributed by atoms with Gasteiger partial charge in [-0.3, -0.25) is 10.1 Å². The highest BCUT2D eigenvalue weighted by molar-refractivity contribution is 7.99. The molecule has 9 atom stereocenters. The maximum atomic E-state index is 10.9. The molecule has 14 heteroatoms. The molecule has 2 aliphatic rings. The zero-order valence-electron chi connectivity index (χ0n) is 17.7. The van der Waals surface area contributed by atoms with E-state index < -0.39 is 72.6 Å². The molecule has 0 aliphatic carbocycles. The van der Waals surface area contributed by atoms with E-state index in [4.69, 9.17) is 19.3 Å². The predicted molar refractivity (Wildman–Crippen MR) is 112 cm³/mol. The third-order valence-electron chi connectivity index (χ3n) is 5.12. The van der Waals surface area contributed by atoms with E-state index >= 15 is 0 Å². The Labute approximate surface area is 193 Å². The lowest BCUT2D eigenvalue weighted by atomic mass is 9.98. The van der Waals surface area contributed by atoms with Gasteiger partial charge in [0.1, 0.15) is 42.1 Å². The fourth-order valence-electron chi connectivity index (χ4n) is 3.47. The van der Waals surface area contributed by atoms with Crippen LogP contribution in [0.1, 0.15) is 6.42 Å². The molecule has 0 amide bonds. The van der Waals surface area contributed by atoms with Crippen molar-refractivity contribution < 1.29 is 54.9 Å². The van der Waals surface area contributed by atoms with Gasteiger partial charge >= 0.3 is 0 Å². The van der Waals surface area contributed by atoms with E-state index in [9.17, 15) is 40.8 Å². The molecule has 2 saturated heterocycles. The van der Waals surface area contributed by atoms with E-state index in [1.165, 1.54) is 18.2 Å². The molecule has 7 N–H and O–H groups in total. The molecular weight excluding hydrogens is 466 g/mol. The van der Waals surface area contributed by atoms with Gasteiger partial charge < -0.3 is 50.0 Å². The van der Waals surface area contributed by atoms with Gasteiger partial charge in [0.05, 0.1) is 24.2 Å². The molecule has 3 unspecified atom stereocenters. The summed E-state index contributed by atoms with van der Waals surface area (Å²) < 4.78 is 16.6. The Morgan fingerprint density at radius 2 is 1.73 bits per heavy atom. The quantitative estimate of drug-likeness (QED) is 0.160. The second-order valence-electron chi connectivity index (χ2n) is 7.26. The fourth-order valence-corrected chi connectivity index (χ4v) is 4.61. The highest BCUT2D eigenvalue weighted by Gasteiger charge is 2.48. The van der Waals surface area contributed by atoms with Gasteiger partial charge in [-0.25, -0.2) is 0 Å². The van der Waals surface area contributed by atoms with Gasteiger partial charge in [0, 0.05) is 30.6 Å². The number of non-ortho nitro benzene ring substituents is 1. The Bertz CT molecular complexity index is 755. The summed E-state index contributed by atoms with van der Waals surface area (Å²) in [7, 11) is 1.00. The molecule has 0 aromatic heterocycles. The average molecular weight is 496 g/mol. The van der Waals surface area contributed by atoms with Crippen LogP contribution in [0, 0.1) is 10.1 Å². The van der Waals surface area contributed by atoms with Crippen LogP contribution in [0.2, 0.25) is 0 Å². The minimum absolute atomic E-state index is 0.0337. The first-order valence-corrected chi connectivity index (χ1v) is 10.9. The van der Waals surface area contributed by atoms with Crippen LogP contribution in [0.4, 0.5) is 5.69 Å². The van der Waals surface area contributed by atoms with E-state index in [0.29, 0.717) is 4.90 Å². The number of aliphatic hydroxyl groups is 7. The molecule has 33 heavy (non-hydrogen) atoms. The standard InChI is InChI=1S/C18H25NO11S.CH4O/c20-6-11-14(23)15(24)16(25)18(29-11)30-17-10(22)5-13(28-12(17)7-21)31-9-3-1-2-8(4-9)19(26)27;1-2/h1-4,10-18,20-25H,5-7H2;2H,1H3/t10-,11?,12?,13+,14+,15-,16?,17+,18-;/m1./s1. The monoisotopic (exact) mass is 495 g/mol. The van der Waals surface area contributed by atoms with Crippen molar-refractivity contribution in [2.24, 2.45) is 0 Å². The van der Waals surface area contributed by atoms with Gasteiger partial charge in [0.15, 0.2) is 6.29 Å². The zero-order chi connectivity index (χ0) is 24.7. The molecule has 13 nitrogen and oxygen atoms in total. The first-order valence-electron chi connectivity index (χ1n) is 10.0. The van der Waals surface area contributed by atoms with Crippen LogP contribution in [0.3, 0.4) is 0 Å². The number of hydrogen-bond acceptors (Lipinski definition) is 13. The maximum Gasteiger partial charge on any atom is 0.270 e. The number of hydrogen-bond donors (Lipinski definition) is 7. The molecule has 2 heterocycles. The lowest BCUT2D eigenvalue weighted by Crippen LogP contribution is -2.62. The van der Waals surface area contributed by atoms with Crippen LogP contribution < -0.4 is 0 Å². The Morgan fingerprint density at radius 3 is 2.33 bits per heavy atom. The van der Waals surface area contributed by atoms with Crippen LogP contribution >= 0.6 is 11.8 Å². The minimum atomic E-state index is -1.67. The molecule has 0 radical (unpaired) electrons. The van der Waals surface area contributed by atoms with Crippen molar-refractivity contribution in [3.05, 3.63) is 34.4 Å². The Morgan fingerprint density at radius 1 is 1.06 bits per heavy atom. The van der Waals surface area contributed by atoms with Gasteiger partial charge in [-0.2, -0.15) is 0 Å². The number of nitro groups is 1. The number of benzene rings is 1. The molecule has 0 bridgehead atoms. The van der Waals surface area contributed by atoms with Gasteiger partial charge in [-0.15, -0.1) is 0 Å². The maximum absolute atomic E-state index is 10.9. The van der Waals surface area contributed by atoms with Crippen molar-refractivity contribution in [1.29, 1.82) is 0 Å². The second kappa shape index (κ2) is 12.9. The summed E-state index contributed by atoms with van der Waals surface area (Å²) in [5.41, 5.74) is -0.743. The first-order chi connectivity index (χ1) is 15.7. The Balaban J connectivity index is 0.00000187. The minimum Gasteiger partial charge on any atom is -0.400 e. The highest BCUT2D eigenvalue weighted by atomic mass is 32.2. The fraction of sp³-hybridized carbons (Fsp3) is 0.684. The molecule has 0 saturated carbocycles. The van der Waals surface area contributed by atoms with E-state index in [0.717, 1.165) is 18.9 Å². The van der Waals surface area contributed by atoms with Crippen molar-refractivity contribution in [3.63, 3.8) is 0 Å². The smallest absolute Gasteiger partial charge is 0.270 e. The van der Waals surface area contributed by atoms with Crippen molar-refractivity contribution in [3.8, 4) is 0 Å². The van der Waals surface area contributed by atoms with Crippen LogP contribution in [0.5, 0.6) is 0 Å². The van der Waals surface area contributed by atoms with Gasteiger partial charge in [0.25, 0.3) is 5.69 Å². The van der Waals surface area contributed by atoms with Gasteiger partial charge in [0.2, 0.25) is 0 Å². The Hall–Kier alpha value is -1.43. The number of aliphatic hydroxyl groups excluding tert-OH is 7. The second-order valence-corrected chi connectivity index (χ2v) is 8.49. The van der Waals surface area contributed by atoms with Crippen molar-refractivity contribution in [2.75, 3.05) is 20.3 Å². The van der Waals surface area contributed by atoms with E-state index in [2.05, 4.69) is 0 Å². The van der Waals surface area contributed by atoms with Crippen molar-refractivity contribution in [2.45, 2.75) is 65.8 Å². The molecule has 1 aromatic rings. The lowest BCUT2D eigenvalue weighted by Gasteiger charge is -2.44. The lowest BCUT2D eigenvalue weighted by molar-refractivity contribution is -0.385. The van der Waals surface area contributed by atoms with Crippen molar-refractivity contribution >= 4 is 17.4 Å². The Kier molecular flexibility index (Phi) is 10.8. The summed E-state index contributed by atoms with van der Waals surface area (Å²) in [5.74, 6) is 0. The zero-order valence-corrected chi connectivity index (χ0v) is 18.5. The number of rotatable bonds is 7. The normalized spacial score (nSPS) is 36.5. The molecule has 1 aromatic carbocycles.